The van der Waals surface area contributed by atoms with E-state index in [9.17, 15) is 4.79 Å². The van der Waals surface area contributed by atoms with Crippen molar-refractivity contribution in [1.29, 1.82) is 0 Å². The molecule has 0 saturated carbocycles. The molecule has 1 aliphatic rings. The van der Waals surface area contributed by atoms with E-state index in [1.165, 1.54) is 0 Å². The Kier molecular flexibility index (Phi) is 3.58. The van der Waals surface area contributed by atoms with Crippen LogP contribution in [0.25, 0.3) is 10.8 Å². The molecule has 0 aromatic carbocycles. The second-order valence-corrected chi connectivity index (χ2v) is 5.94. The number of nitrogens with two attached hydrogens (primary N) is 1. The van der Waals surface area contributed by atoms with E-state index in [4.69, 9.17) is 10.2 Å². The summed E-state index contributed by atoms with van der Waals surface area (Å²) in [5.41, 5.74) is 6.39. The number of carbonyl (C=O) groups excluding carboxylic acids is 1. The highest BCUT2D eigenvalue weighted by Crippen LogP contribution is 2.27. The average molecular weight is 291 g/mol. The molecule has 1 saturated heterocycles. The van der Waals surface area contributed by atoms with Crippen LogP contribution in [0.1, 0.15) is 24.3 Å². The number of carbonyl (C=O) groups is 1. The fourth-order valence-electron chi connectivity index (χ4n) is 2.59. The van der Waals surface area contributed by atoms with Gasteiger partial charge in [0.1, 0.15) is 5.76 Å². The molecule has 1 unspecified atom stereocenters. The molecular formula is C14H17N3O2S. The number of hydrogen-bond acceptors (Lipinski definition) is 5. The molecule has 5 nitrogen and oxygen atoms in total. The predicted octanol–water partition coefficient (Wildman–Crippen LogP) is 2.16. The van der Waals surface area contributed by atoms with E-state index in [0.29, 0.717) is 6.54 Å². The molecule has 2 N–H and O–H groups in total. The molecule has 2 aromatic rings. The third-order valence-corrected chi connectivity index (χ3v) is 4.47. The van der Waals surface area contributed by atoms with Crippen LogP contribution < -0.4 is 5.73 Å². The maximum absolute atomic E-state index is 11.4. The van der Waals surface area contributed by atoms with Gasteiger partial charge in [-0.2, -0.15) is 0 Å². The zero-order chi connectivity index (χ0) is 14.1. The summed E-state index contributed by atoms with van der Waals surface area (Å²) in [5, 5.41) is 2.90. The SMILES string of the molecule is Cc1ccc(-c2nc(CN3CCCC3C(N)=O)cs2)o1. The third kappa shape index (κ3) is 2.62. The molecule has 2 aromatic heterocycles. The average Bonchev–Trinajstić information content (AvgIpc) is 3.09. The van der Waals surface area contributed by atoms with E-state index < -0.39 is 0 Å². The molecule has 1 amide bonds. The van der Waals surface area contributed by atoms with Crippen LogP contribution in [-0.4, -0.2) is 28.4 Å². The number of aromatic nitrogens is 1. The molecule has 1 aliphatic heterocycles. The van der Waals surface area contributed by atoms with E-state index >= 15 is 0 Å². The molecule has 106 valence electrons. The van der Waals surface area contributed by atoms with Crippen LogP contribution in [0.15, 0.2) is 21.9 Å². The largest absolute Gasteiger partial charge is 0.459 e. The van der Waals surface area contributed by atoms with Crippen LogP contribution in [0.5, 0.6) is 0 Å². The molecule has 3 heterocycles. The minimum absolute atomic E-state index is 0.147. The van der Waals surface area contributed by atoms with E-state index in [1.807, 2.05) is 24.4 Å². The van der Waals surface area contributed by atoms with Crippen molar-refractivity contribution in [3.05, 3.63) is 29.0 Å². The summed E-state index contributed by atoms with van der Waals surface area (Å²) in [6.45, 7) is 3.49. The van der Waals surface area contributed by atoms with Gasteiger partial charge in [0.05, 0.1) is 11.7 Å². The van der Waals surface area contributed by atoms with Gasteiger partial charge in [-0.3, -0.25) is 9.69 Å². The van der Waals surface area contributed by atoms with Crippen molar-refractivity contribution in [2.24, 2.45) is 5.73 Å². The molecule has 1 fully saturated rings. The monoisotopic (exact) mass is 291 g/mol. The van der Waals surface area contributed by atoms with Crippen LogP contribution in [0, 0.1) is 6.92 Å². The first-order valence-electron chi connectivity index (χ1n) is 6.68. The maximum Gasteiger partial charge on any atom is 0.234 e. The molecule has 1 atom stereocenters. The number of rotatable bonds is 4. The highest BCUT2D eigenvalue weighted by molar-refractivity contribution is 7.13. The first kappa shape index (κ1) is 13.3. The van der Waals surface area contributed by atoms with Gasteiger partial charge >= 0.3 is 0 Å². The highest BCUT2D eigenvalue weighted by Gasteiger charge is 2.29. The summed E-state index contributed by atoms with van der Waals surface area (Å²) in [6, 6.07) is 3.71. The van der Waals surface area contributed by atoms with E-state index in [-0.39, 0.29) is 11.9 Å². The molecule has 0 spiro atoms. The summed E-state index contributed by atoms with van der Waals surface area (Å²) in [5.74, 6) is 1.44. The number of aryl methyl sites for hydroxylation is 1. The second kappa shape index (κ2) is 5.38. The zero-order valence-corrected chi connectivity index (χ0v) is 12.2. The Morgan fingerprint density at radius 1 is 1.60 bits per heavy atom. The number of thiazole rings is 1. The lowest BCUT2D eigenvalue weighted by atomic mass is 10.2. The van der Waals surface area contributed by atoms with Gasteiger partial charge in [0.25, 0.3) is 0 Å². The Balaban J connectivity index is 1.73. The van der Waals surface area contributed by atoms with Crippen LogP contribution in [0.3, 0.4) is 0 Å². The zero-order valence-electron chi connectivity index (χ0n) is 11.3. The molecule has 3 rings (SSSR count). The number of furan rings is 1. The minimum Gasteiger partial charge on any atom is -0.459 e. The van der Waals surface area contributed by atoms with E-state index in [0.717, 1.165) is 41.6 Å². The Bertz CT molecular complexity index is 619. The second-order valence-electron chi connectivity index (χ2n) is 5.09. The van der Waals surface area contributed by atoms with Crippen molar-refractivity contribution in [2.75, 3.05) is 6.54 Å². The van der Waals surface area contributed by atoms with Crippen LogP contribution in [0.2, 0.25) is 0 Å². The van der Waals surface area contributed by atoms with Crippen molar-refractivity contribution in [2.45, 2.75) is 32.4 Å². The standard InChI is InChI=1S/C14H17N3O2S/c1-9-4-5-12(19-9)14-16-10(8-20-14)7-17-6-2-3-11(17)13(15)18/h4-5,8,11H,2-3,6-7H2,1H3,(H2,15,18). The normalized spacial score (nSPS) is 19.6. The van der Waals surface area contributed by atoms with Crippen molar-refractivity contribution < 1.29 is 9.21 Å². The summed E-state index contributed by atoms with van der Waals surface area (Å²) >= 11 is 1.56. The fourth-order valence-corrected chi connectivity index (χ4v) is 3.36. The highest BCUT2D eigenvalue weighted by atomic mass is 32.1. The van der Waals surface area contributed by atoms with Crippen LogP contribution in [-0.2, 0) is 11.3 Å². The Hall–Kier alpha value is -1.66. The maximum atomic E-state index is 11.4. The van der Waals surface area contributed by atoms with Gasteiger partial charge < -0.3 is 10.2 Å². The summed E-state index contributed by atoms with van der Waals surface area (Å²) in [6.07, 6.45) is 1.87. The molecular weight excluding hydrogens is 274 g/mol. The number of primary amides is 1. The van der Waals surface area contributed by atoms with Gasteiger partial charge in [0.2, 0.25) is 5.91 Å². The molecule has 20 heavy (non-hydrogen) atoms. The number of nitrogens with zero attached hydrogens (tertiary/aromatic N) is 2. The molecule has 0 aliphatic carbocycles. The van der Waals surface area contributed by atoms with Gasteiger partial charge in [-0.25, -0.2) is 4.98 Å². The van der Waals surface area contributed by atoms with Crippen molar-refractivity contribution in [3.63, 3.8) is 0 Å². The van der Waals surface area contributed by atoms with Gasteiger partial charge in [-0.15, -0.1) is 11.3 Å². The first-order chi connectivity index (χ1) is 9.63. The summed E-state index contributed by atoms with van der Waals surface area (Å²) in [7, 11) is 0. The quantitative estimate of drug-likeness (QED) is 0.937. The van der Waals surface area contributed by atoms with Gasteiger partial charge in [-0.1, -0.05) is 0 Å². The van der Waals surface area contributed by atoms with Crippen molar-refractivity contribution >= 4 is 17.2 Å². The summed E-state index contributed by atoms with van der Waals surface area (Å²) in [4.78, 5) is 18.1. The lowest BCUT2D eigenvalue weighted by molar-refractivity contribution is -0.122. The summed E-state index contributed by atoms with van der Waals surface area (Å²) < 4.78 is 5.57. The number of amides is 1. The van der Waals surface area contributed by atoms with Gasteiger partial charge in [0.15, 0.2) is 10.8 Å². The van der Waals surface area contributed by atoms with Crippen molar-refractivity contribution in [1.82, 2.24) is 9.88 Å². The number of hydrogen-bond donors (Lipinski definition) is 1. The van der Waals surface area contributed by atoms with Crippen molar-refractivity contribution in [3.8, 4) is 10.8 Å². The fraction of sp³-hybridized carbons (Fsp3) is 0.429. The third-order valence-electron chi connectivity index (χ3n) is 3.56. The van der Waals surface area contributed by atoms with Crippen LogP contribution >= 0.6 is 11.3 Å². The molecule has 0 bridgehead atoms. The van der Waals surface area contributed by atoms with E-state index in [1.54, 1.807) is 11.3 Å². The predicted molar refractivity (Wildman–Crippen MR) is 77.2 cm³/mol. The van der Waals surface area contributed by atoms with Gasteiger partial charge in [0, 0.05) is 11.9 Å². The minimum atomic E-state index is -0.236. The lowest BCUT2D eigenvalue weighted by Crippen LogP contribution is -2.39. The molecule has 0 radical (unpaired) electrons. The molecule has 6 heteroatoms. The lowest BCUT2D eigenvalue weighted by Gasteiger charge is -2.20. The smallest absolute Gasteiger partial charge is 0.234 e. The van der Waals surface area contributed by atoms with Gasteiger partial charge in [-0.05, 0) is 38.4 Å². The first-order valence-corrected chi connectivity index (χ1v) is 7.56. The Morgan fingerprint density at radius 2 is 2.45 bits per heavy atom. The number of likely N-dealkylation sites (tertiary alicyclic amines) is 1. The Morgan fingerprint density at radius 3 is 3.15 bits per heavy atom. The topological polar surface area (TPSA) is 72.4 Å². The van der Waals surface area contributed by atoms with E-state index in [2.05, 4.69) is 9.88 Å². The Labute approximate surface area is 121 Å². The van der Waals surface area contributed by atoms with Crippen LogP contribution in [0.4, 0.5) is 0 Å².